The van der Waals surface area contributed by atoms with Crippen LogP contribution in [0.4, 0.5) is 29.6 Å². The van der Waals surface area contributed by atoms with E-state index in [1.807, 2.05) is 37.8 Å². The third-order valence-corrected chi connectivity index (χ3v) is 9.99. The molecule has 2 fully saturated rings. The Labute approximate surface area is 300 Å². The van der Waals surface area contributed by atoms with Crippen molar-refractivity contribution in [1.82, 2.24) is 25.0 Å². The zero-order valence-corrected chi connectivity index (χ0v) is 30.5. The van der Waals surface area contributed by atoms with Crippen molar-refractivity contribution in [2.75, 3.05) is 30.0 Å². The topological polar surface area (TPSA) is 121 Å². The number of likely N-dealkylation sites (tertiary alicyclic amines) is 1. The number of hydrazine groups is 1. The van der Waals surface area contributed by atoms with Gasteiger partial charge in [-0.3, -0.25) is 14.5 Å². The molecule has 274 valence electrons. The highest BCUT2D eigenvalue weighted by molar-refractivity contribution is 7.97. The van der Waals surface area contributed by atoms with Crippen molar-refractivity contribution in [3.05, 3.63) is 53.3 Å². The predicted octanol–water partition coefficient (Wildman–Crippen LogP) is 7.71. The van der Waals surface area contributed by atoms with Crippen LogP contribution in [0.2, 0.25) is 5.15 Å². The van der Waals surface area contributed by atoms with Gasteiger partial charge in [-0.1, -0.05) is 17.7 Å². The Morgan fingerprint density at radius 3 is 2.58 bits per heavy atom. The molecule has 2 aromatic heterocycles. The maximum absolute atomic E-state index is 13.2. The molecule has 0 radical (unpaired) electrons. The average molecular weight is 740 g/mol. The molecule has 50 heavy (non-hydrogen) atoms. The number of nitrogens with one attached hydrogen (secondary N) is 3. The van der Waals surface area contributed by atoms with Crippen molar-refractivity contribution in [3.8, 4) is 0 Å². The molecular formula is C34H45ClF3N7O4S. The van der Waals surface area contributed by atoms with Gasteiger partial charge in [0.05, 0.1) is 11.0 Å². The molecule has 1 saturated heterocycles. The number of anilines is 2. The van der Waals surface area contributed by atoms with Gasteiger partial charge in [0, 0.05) is 43.4 Å². The fraction of sp³-hybridized carbons (Fsp3) is 0.588. The van der Waals surface area contributed by atoms with Crippen molar-refractivity contribution in [2.45, 2.75) is 102 Å². The zero-order chi connectivity index (χ0) is 36.3. The van der Waals surface area contributed by atoms with Gasteiger partial charge in [0.2, 0.25) is 0 Å². The maximum Gasteiger partial charge on any atom is 0.410 e. The van der Waals surface area contributed by atoms with Crippen LogP contribution in [0.1, 0.15) is 83.5 Å². The Balaban J connectivity index is 1.03. The van der Waals surface area contributed by atoms with Crippen LogP contribution in [0.3, 0.4) is 0 Å². The van der Waals surface area contributed by atoms with E-state index in [9.17, 15) is 22.8 Å². The van der Waals surface area contributed by atoms with Crippen LogP contribution in [0.25, 0.3) is 0 Å². The lowest BCUT2D eigenvalue weighted by Gasteiger charge is -2.33. The Kier molecular flexibility index (Phi) is 11.5. The van der Waals surface area contributed by atoms with Gasteiger partial charge in [-0.25, -0.2) is 14.8 Å². The number of alkyl halides is 3. The second-order valence-electron chi connectivity index (χ2n) is 14.6. The molecule has 2 amide bonds. The summed E-state index contributed by atoms with van der Waals surface area (Å²) < 4.78 is 53.4. The second-order valence-corrected chi connectivity index (χ2v) is 15.8. The largest absolute Gasteiger partial charge is 0.444 e. The number of aromatic nitrogens is 2. The minimum atomic E-state index is -4.21. The number of carbonyl (C=O) groups is 2. The number of pyridine rings is 2. The molecular weight excluding hydrogens is 695 g/mol. The summed E-state index contributed by atoms with van der Waals surface area (Å²) in [7, 11) is 0. The van der Waals surface area contributed by atoms with Gasteiger partial charge in [0.1, 0.15) is 33.6 Å². The minimum Gasteiger partial charge on any atom is -0.444 e. The number of rotatable bonds is 13. The molecule has 3 N–H and O–H groups in total. The van der Waals surface area contributed by atoms with E-state index in [1.54, 1.807) is 24.4 Å². The molecule has 0 spiro atoms. The number of ether oxygens (including phenoxy) is 2. The molecule has 16 heteroatoms. The monoisotopic (exact) mass is 739 g/mol. The molecule has 2 unspecified atom stereocenters. The molecule has 2 atom stereocenters. The van der Waals surface area contributed by atoms with Crippen molar-refractivity contribution in [2.24, 2.45) is 11.3 Å². The van der Waals surface area contributed by atoms with Crippen LogP contribution in [0, 0.1) is 11.3 Å². The Morgan fingerprint density at radius 2 is 1.90 bits per heavy atom. The summed E-state index contributed by atoms with van der Waals surface area (Å²) in [4.78, 5) is 36.4. The second kappa shape index (κ2) is 15.1. The van der Waals surface area contributed by atoms with Gasteiger partial charge in [-0.15, -0.1) is 0 Å². The molecule has 2 aliphatic heterocycles. The lowest BCUT2D eigenvalue weighted by molar-refractivity contribution is -0.192. The molecule has 4 heterocycles. The number of amides is 2. The Morgan fingerprint density at radius 1 is 1.14 bits per heavy atom. The van der Waals surface area contributed by atoms with Crippen molar-refractivity contribution in [1.29, 1.82) is 0 Å². The number of carbonyl (C=O) groups excluding carboxylic acids is 2. The molecule has 0 aromatic carbocycles. The predicted molar refractivity (Wildman–Crippen MR) is 186 cm³/mol. The third kappa shape index (κ3) is 9.74. The van der Waals surface area contributed by atoms with Gasteiger partial charge in [0.15, 0.2) is 0 Å². The first-order valence-electron chi connectivity index (χ1n) is 16.7. The summed E-state index contributed by atoms with van der Waals surface area (Å²) >= 11 is 7.41. The van der Waals surface area contributed by atoms with Crippen LogP contribution >= 0.6 is 23.5 Å². The summed E-state index contributed by atoms with van der Waals surface area (Å²) in [5.41, 5.74) is 0.750. The molecule has 1 saturated carbocycles. The van der Waals surface area contributed by atoms with Gasteiger partial charge in [0.25, 0.3) is 5.91 Å². The van der Waals surface area contributed by atoms with Crippen molar-refractivity contribution < 1.29 is 32.2 Å². The Hall–Kier alpha value is -3.27. The first-order valence-corrected chi connectivity index (χ1v) is 17.9. The molecule has 3 aliphatic rings. The summed E-state index contributed by atoms with van der Waals surface area (Å²) in [6, 6.07) is 8.62. The highest BCUT2D eigenvalue weighted by Crippen LogP contribution is 2.59. The normalized spacial score (nSPS) is 21.0. The summed E-state index contributed by atoms with van der Waals surface area (Å²) in [6.07, 6.45) is 1.17. The average Bonchev–Trinajstić information content (AvgIpc) is 3.57. The highest BCUT2D eigenvalue weighted by atomic mass is 35.5. The molecule has 2 aromatic rings. The molecule has 11 nitrogen and oxygen atoms in total. The summed E-state index contributed by atoms with van der Waals surface area (Å²) in [6.45, 7) is 11.1. The first kappa shape index (κ1) is 38.0. The van der Waals surface area contributed by atoms with E-state index in [1.165, 1.54) is 11.1 Å². The zero-order valence-electron chi connectivity index (χ0n) is 28.9. The number of halogens is 4. The van der Waals surface area contributed by atoms with Gasteiger partial charge < -0.3 is 19.7 Å². The SMILES string of the molecule is CC(C)(C)OC(=O)N1CC(CCCNc2cccc(SNC(=O)c3ccc(N4C=CC(OCCC5(C(F)(F)F)CC5)N4)nc3Cl)n2)CC1(C)C. The van der Waals surface area contributed by atoms with Crippen LogP contribution < -0.4 is 20.5 Å². The van der Waals surface area contributed by atoms with E-state index in [-0.39, 0.29) is 48.2 Å². The summed E-state index contributed by atoms with van der Waals surface area (Å²) in [5.74, 6) is 0.987. The smallest absolute Gasteiger partial charge is 0.410 e. The lowest BCUT2D eigenvalue weighted by Crippen LogP contribution is -2.45. The van der Waals surface area contributed by atoms with Crippen LogP contribution in [0.15, 0.2) is 47.6 Å². The number of hydrogen-bond donors (Lipinski definition) is 3. The van der Waals surface area contributed by atoms with Gasteiger partial charge in [-0.2, -0.15) is 18.6 Å². The van der Waals surface area contributed by atoms with E-state index in [0.29, 0.717) is 35.7 Å². The Bertz CT molecular complexity index is 1570. The highest BCUT2D eigenvalue weighted by Gasteiger charge is 2.62. The molecule has 0 bridgehead atoms. The number of hydrogen-bond acceptors (Lipinski definition) is 10. The maximum atomic E-state index is 13.2. The lowest BCUT2D eigenvalue weighted by atomic mass is 9.93. The van der Waals surface area contributed by atoms with Gasteiger partial charge >= 0.3 is 12.3 Å². The van der Waals surface area contributed by atoms with E-state index in [2.05, 4.69) is 39.3 Å². The first-order chi connectivity index (χ1) is 23.4. The summed E-state index contributed by atoms with van der Waals surface area (Å²) in [5, 5.41) is 5.42. The van der Waals surface area contributed by atoms with E-state index >= 15 is 0 Å². The van der Waals surface area contributed by atoms with Crippen LogP contribution in [-0.2, 0) is 9.47 Å². The standard InChI is InChI=1S/C34H45ClF3N7O4S/c1-31(2,3)49-30(47)44-21-22(20-32(44,4)5)8-7-17-39-24-9-6-10-27(40-24)50-43-29(46)23-11-12-25(41-28(23)35)45-18-13-26(42-45)48-19-16-33(14-15-33)34(36,37)38/h6,9-13,18,22,26,42H,7-8,14-17,19-21H2,1-5H3,(H,39,40)(H,43,46). The molecule has 5 rings (SSSR count). The fourth-order valence-electron chi connectivity index (χ4n) is 6.11. The van der Waals surface area contributed by atoms with Gasteiger partial charge in [-0.05, 0) is 109 Å². The molecule has 1 aliphatic carbocycles. The third-order valence-electron chi connectivity index (χ3n) is 8.98. The van der Waals surface area contributed by atoms with Crippen molar-refractivity contribution in [3.63, 3.8) is 0 Å². The minimum absolute atomic E-state index is 0.0238. The van der Waals surface area contributed by atoms with Crippen LogP contribution in [-0.4, -0.2) is 70.1 Å². The van der Waals surface area contributed by atoms with E-state index in [0.717, 1.165) is 31.2 Å². The van der Waals surface area contributed by atoms with E-state index < -0.39 is 29.3 Å². The number of nitrogens with zero attached hydrogens (tertiary/aromatic N) is 4. The van der Waals surface area contributed by atoms with Crippen molar-refractivity contribution >= 4 is 47.2 Å². The van der Waals surface area contributed by atoms with E-state index in [4.69, 9.17) is 21.1 Å². The van der Waals surface area contributed by atoms with Crippen LogP contribution in [0.5, 0.6) is 0 Å². The fourth-order valence-corrected chi connectivity index (χ4v) is 6.94. The quantitative estimate of drug-likeness (QED) is 0.107.